The first-order valence-corrected chi connectivity index (χ1v) is 9.62. The molecule has 0 aliphatic heterocycles. The van der Waals surface area contributed by atoms with Gasteiger partial charge in [-0.25, -0.2) is 4.39 Å². The summed E-state index contributed by atoms with van der Waals surface area (Å²) in [7, 11) is 0. The molecule has 2 aliphatic rings. The molecule has 0 heterocycles. The molecule has 25 heavy (non-hydrogen) atoms. The van der Waals surface area contributed by atoms with Crippen molar-refractivity contribution in [3.05, 3.63) is 47.1 Å². The molecule has 1 nitrogen and oxygen atoms in total. The van der Waals surface area contributed by atoms with Gasteiger partial charge in [0.05, 0.1) is 6.61 Å². The Morgan fingerprint density at radius 1 is 0.960 bits per heavy atom. The lowest BCUT2D eigenvalue weighted by Gasteiger charge is -2.32. The Balaban J connectivity index is 1.69. The molecule has 0 amide bonds. The van der Waals surface area contributed by atoms with Gasteiger partial charge in [0, 0.05) is 5.56 Å². The van der Waals surface area contributed by atoms with Crippen molar-refractivity contribution in [1.82, 2.24) is 0 Å². The van der Waals surface area contributed by atoms with Gasteiger partial charge < -0.3 is 4.74 Å². The highest BCUT2D eigenvalue weighted by molar-refractivity contribution is 5.67. The molecule has 0 fully saturated rings. The van der Waals surface area contributed by atoms with Crippen molar-refractivity contribution < 1.29 is 13.5 Å². The van der Waals surface area contributed by atoms with Gasteiger partial charge in [0.2, 0.25) is 5.82 Å². The van der Waals surface area contributed by atoms with Gasteiger partial charge in [-0.3, -0.25) is 0 Å². The third kappa shape index (κ3) is 3.96. The molecule has 1 aromatic rings. The molecule has 0 bridgehead atoms. The zero-order valence-electron chi connectivity index (χ0n) is 15.3. The monoisotopic (exact) mass is 346 g/mol. The summed E-state index contributed by atoms with van der Waals surface area (Å²) in [5, 5.41) is 0. The van der Waals surface area contributed by atoms with E-state index >= 15 is 0 Å². The molecule has 2 aliphatic carbocycles. The van der Waals surface area contributed by atoms with Crippen LogP contribution in [0.3, 0.4) is 0 Å². The molecule has 3 rings (SSSR count). The molecule has 0 saturated carbocycles. The van der Waals surface area contributed by atoms with Crippen LogP contribution in [0.5, 0.6) is 5.75 Å². The summed E-state index contributed by atoms with van der Waals surface area (Å²) in [6.07, 6.45) is 12.3. The SMILES string of the molecule is CCOc1ccc(C2=CCC(C3CC=C(CC)CC3)CC2)c(F)c1F. The minimum atomic E-state index is -0.869. The van der Waals surface area contributed by atoms with Crippen LogP contribution >= 0.6 is 0 Å². The largest absolute Gasteiger partial charge is 0.491 e. The van der Waals surface area contributed by atoms with Crippen LogP contribution in [0.4, 0.5) is 8.78 Å². The van der Waals surface area contributed by atoms with E-state index in [0.29, 0.717) is 18.1 Å². The Hall–Kier alpha value is -1.64. The third-order valence-corrected chi connectivity index (χ3v) is 5.81. The van der Waals surface area contributed by atoms with Crippen molar-refractivity contribution in [2.75, 3.05) is 6.61 Å². The molecule has 136 valence electrons. The smallest absolute Gasteiger partial charge is 0.201 e. The highest BCUT2D eigenvalue weighted by Crippen LogP contribution is 2.40. The topological polar surface area (TPSA) is 9.23 Å². The summed E-state index contributed by atoms with van der Waals surface area (Å²) in [6, 6.07) is 3.20. The van der Waals surface area contributed by atoms with Crippen LogP contribution in [-0.4, -0.2) is 6.61 Å². The summed E-state index contributed by atoms with van der Waals surface area (Å²) in [4.78, 5) is 0. The highest BCUT2D eigenvalue weighted by Gasteiger charge is 2.27. The molecular formula is C22H28F2O. The van der Waals surface area contributed by atoms with Crippen molar-refractivity contribution in [3.8, 4) is 5.75 Å². The van der Waals surface area contributed by atoms with E-state index in [2.05, 4.69) is 19.1 Å². The summed E-state index contributed by atoms with van der Waals surface area (Å²) in [5.74, 6) is -0.224. The fourth-order valence-corrected chi connectivity index (χ4v) is 4.23. The van der Waals surface area contributed by atoms with Crippen LogP contribution in [0.15, 0.2) is 29.9 Å². The molecule has 0 aromatic heterocycles. The quantitative estimate of drug-likeness (QED) is 0.540. The van der Waals surface area contributed by atoms with Gasteiger partial charge in [-0.1, -0.05) is 24.6 Å². The predicted molar refractivity (Wildman–Crippen MR) is 98.6 cm³/mol. The fraction of sp³-hybridized carbons (Fsp3) is 0.545. The third-order valence-electron chi connectivity index (χ3n) is 5.81. The second kappa shape index (κ2) is 8.16. The first-order chi connectivity index (χ1) is 12.1. The average Bonchev–Trinajstić information content (AvgIpc) is 2.66. The van der Waals surface area contributed by atoms with Crippen LogP contribution in [0.2, 0.25) is 0 Å². The summed E-state index contributed by atoms with van der Waals surface area (Å²) in [5.41, 5.74) is 2.93. The van der Waals surface area contributed by atoms with E-state index in [1.165, 1.54) is 25.7 Å². The van der Waals surface area contributed by atoms with Crippen LogP contribution in [0.25, 0.3) is 5.57 Å². The summed E-state index contributed by atoms with van der Waals surface area (Å²) in [6.45, 7) is 4.32. The van der Waals surface area contributed by atoms with Gasteiger partial charge in [0.15, 0.2) is 11.6 Å². The lowest BCUT2D eigenvalue weighted by molar-refractivity contribution is 0.285. The Morgan fingerprint density at radius 3 is 2.24 bits per heavy atom. The second-order valence-electron chi connectivity index (χ2n) is 7.19. The van der Waals surface area contributed by atoms with Gasteiger partial charge in [-0.15, -0.1) is 0 Å². The van der Waals surface area contributed by atoms with Crippen molar-refractivity contribution in [3.63, 3.8) is 0 Å². The Kier molecular flexibility index (Phi) is 5.93. The summed E-state index contributed by atoms with van der Waals surface area (Å²) >= 11 is 0. The van der Waals surface area contributed by atoms with Crippen molar-refractivity contribution in [2.45, 2.75) is 58.8 Å². The van der Waals surface area contributed by atoms with Crippen LogP contribution in [-0.2, 0) is 0 Å². The van der Waals surface area contributed by atoms with E-state index in [-0.39, 0.29) is 5.75 Å². The molecular weight excluding hydrogens is 318 g/mol. The van der Waals surface area contributed by atoms with Crippen molar-refractivity contribution >= 4 is 5.57 Å². The van der Waals surface area contributed by atoms with E-state index in [0.717, 1.165) is 30.8 Å². The van der Waals surface area contributed by atoms with E-state index in [1.54, 1.807) is 24.6 Å². The molecule has 3 heteroatoms. The van der Waals surface area contributed by atoms with Gasteiger partial charge in [-0.05, 0) is 81.4 Å². The standard InChI is InChI=1S/C22H28F2O/c1-3-15-5-7-16(8-6-15)17-9-11-18(12-10-17)19-13-14-20(25-4-2)22(24)21(19)23/h5,11,13-14,16-17H,3-4,6-10,12H2,1-2H3. The molecule has 1 aromatic carbocycles. The van der Waals surface area contributed by atoms with E-state index in [9.17, 15) is 8.78 Å². The fourth-order valence-electron chi connectivity index (χ4n) is 4.23. The molecule has 0 N–H and O–H groups in total. The number of ether oxygens (including phenoxy) is 1. The molecule has 0 radical (unpaired) electrons. The second-order valence-corrected chi connectivity index (χ2v) is 7.19. The first-order valence-electron chi connectivity index (χ1n) is 9.62. The van der Waals surface area contributed by atoms with Crippen molar-refractivity contribution in [1.29, 1.82) is 0 Å². The number of halogens is 2. The van der Waals surface area contributed by atoms with Gasteiger partial charge in [-0.2, -0.15) is 4.39 Å². The lowest BCUT2D eigenvalue weighted by atomic mass is 9.73. The van der Waals surface area contributed by atoms with Gasteiger partial charge in [0.1, 0.15) is 0 Å². The van der Waals surface area contributed by atoms with Crippen LogP contribution in [0.1, 0.15) is 64.4 Å². The lowest BCUT2D eigenvalue weighted by Crippen LogP contribution is -2.19. The minimum absolute atomic E-state index is 0.00115. The molecule has 0 saturated heterocycles. The van der Waals surface area contributed by atoms with E-state index < -0.39 is 11.6 Å². The highest BCUT2D eigenvalue weighted by atomic mass is 19.2. The maximum absolute atomic E-state index is 14.4. The Labute approximate surface area is 149 Å². The summed E-state index contributed by atoms with van der Waals surface area (Å²) < 4.78 is 33.6. The van der Waals surface area contributed by atoms with Crippen LogP contribution < -0.4 is 4.74 Å². The van der Waals surface area contributed by atoms with Crippen molar-refractivity contribution in [2.24, 2.45) is 11.8 Å². The number of allylic oxidation sites excluding steroid dienone is 4. The molecule has 2 unspecified atom stereocenters. The number of hydrogen-bond acceptors (Lipinski definition) is 1. The predicted octanol–water partition coefficient (Wildman–Crippen LogP) is 6.68. The Morgan fingerprint density at radius 2 is 1.68 bits per heavy atom. The maximum Gasteiger partial charge on any atom is 0.201 e. The average molecular weight is 346 g/mol. The van der Waals surface area contributed by atoms with Gasteiger partial charge in [0.25, 0.3) is 0 Å². The minimum Gasteiger partial charge on any atom is -0.491 e. The Bertz CT molecular complexity index is 675. The normalized spacial score (nSPS) is 23.8. The number of rotatable bonds is 5. The van der Waals surface area contributed by atoms with E-state index in [1.807, 2.05) is 0 Å². The number of hydrogen-bond donors (Lipinski definition) is 0. The number of benzene rings is 1. The first kappa shape index (κ1) is 18.2. The zero-order valence-corrected chi connectivity index (χ0v) is 15.3. The molecule has 0 spiro atoms. The molecule has 2 atom stereocenters. The zero-order chi connectivity index (χ0) is 17.8. The van der Waals surface area contributed by atoms with Gasteiger partial charge >= 0.3 is 0 Å². The maximum atomic E-state index is 14.4. The van der Waals surface area contributed by atoms with E-state index in [4.69, 9.17) is 4.74 Å². The van der Waals surface area contributed by atoms with Crippen LogP contribution in [0, 0.1) is 23.5 Å².